The van der Waals surface area contributed by atoms with Crippen LogP contribution in [0, 0.1) is 0 Å². The molecule has 2 aliphatic heterocycles. The van der Waals surface area contributed by atoms with Gasteiger partial charge in [-0.25, -0.2) is 4.98 Å². The van der Waals surface area contributed by atoms with Crippen LogP contribution in [0.25, 0.3) is 0 Å². The normalized spacial score (nSPS) is 17.5. The molecule has 0 radical (unpaired) electrons. The Balaban J connectivity index is 1.28. The zero-order valence-electron chi connectivity index (χ0n) is 18.4. The standard InChI is InChI=1S/C24H30Cl2N4O2/c1-29(22(13-23(31)32)17-10-18(25)12-19(26)11-17)21-14-30(15-21)9-3-5-20-7-6-16-4-2-8-27-24(16)28-20/h6-7,10-12,21-22H,2-5,8-9,13-15H2,1H3,(H,27,28)(H,31,32). The molecule has 2 N–H and O–H groups in total. The van der Waals surface area contributed by atoms with Crippen molar-refractivity contribution in [3.63, 3.8) is 0 Å². The van der Waals surface area contributed by atoms with Gasteiger partial charge in [0.2, 0.25) is 0 Å². The molecule has 8 heteroatoms. The van der Waals surface area contributed by atoms with E-state index in [0.717, 1.165) is 62.5 Å². The lowest BCUT2D eigenvalue weighted by atomic mass is 9.97. The number of benzene rings is 1. The third-order valence-corrected chi connectivity index (χ3v) is 6.94. The summed E-state index contributed by atoms with van der Waals surface area (Å²) in [6.45, 7) is 3.89. The van der Waals surface area contributed by atoms with Crippen LogP contribution in [0.15, 0.2) is 30.3 Å². The number of nitrogens with zero attached hydrogens (tertiary/aromatic N) is 3. The molecule has 2 aliphatic rings. The molecule has 0 aliphatic carbocycles. The second-order valence-corrected chi connectivity index (χ2v) is 9.71. The summed E-state index contributed by atoms with van der Waals surface area (Å²) in [4.78, 5) is 20.9. The molecule has 1 saturated heterocycles. The summed E-state index contributed by atoms with van der Waals surface area (Å²) in [5, 5.41) is 13.9. The van der Waals surface area contributed by atoms with Crippen molar-refractivity contribution >= 4 is 35.0 Å². The minimum Gasteiger partial charge on any atom is -0.481 e. The van der Waals surface area contributed by atoms with Crippen LogP contribution in [-0.4, -0.2) is 65.1 Å². The van der Waals surface area contributed by atoms with Gasteiger partial charge in [-0.2, -0.15) is 0 Å². The Labute approximate surface area is 199 Å². The highest BCUT2D eigenvalue weighted by molar-refractivity contribution is 6.34. The zero-order valence-corrected chi connectivity index (χ0v) is 19.9. The fraction of sp³-hybridized carbons (Fsp3) is 0.500. The smallest absolute Gasteiger partial charge is 0.305 e. The summed E-state index contributed by atoms with van der Waals surface area (Å²) in [6, 6.07) is 9.71. The van der Waals surface area contributed by atoms with Crippen molar-refractivity contribution in [2.75, 3.05) is 38.5 Å². The summed E-state index contributed by atoms with van der Waals surface area (Å²) in [5.41, 5.74) is 3.31. The van der Waals surface area contributed by atoms with Crippen molar-refractivity contribution in [1.29, 1.82) is 0 Å². The van der Waals surface area contributed by atoms with Crippen molar-refractivity contribution in [3.8, 4) is 0 Å². The molecule has 3 heterocycles. The fourth-order valence-electron chi connectivity index (χ4n) is 4.66. The number of hydrogen-bond acceptors (Lipinski definition) is 5. The second-order valence-electron chi connectivity index (χ2n) is 8.84. The lowest BCUT2D eigenvalue weighted by Crippen LogP contribution is -2.59. The predicted octanol–water partition coefficient (Wildman–Crippen LogP) is 4.51. The number of hydrogen-bond donors (Lipinski definition) is 2. The first-order valence-corrected chi connectivity index (χ1v) is 12.0. The number of likely N-dealkylation sites (N-methyl/N-ethyl adjacent to an activating group) is 1. The van der Waals surface area contributed by atoms with Crippen LogP contribution < -0.4 is 5.32 Å². The summed E-state index contributed by atoms with van der Waals surface area (Å²) < 4.78 is 0. The van der Waals surface area contributed by atoms with Crippen molar-refractivity contribution in [2.45, 2.75) is 44.2 Å². The maximum absolute atomic E-state index is 11.5. The number of likely N-dealkylation sites (tertiary alicyclic amines) is 1. The minimum atomic E-state index is -0.832. The first-order chi connectivity index (χ1) is 15.4. The average Bonchev–Trinajstić information content (AvgIpc) is 2.72. The van der Waals surface area contributed by atoms with Crippen molar-refractivity contribution in [2.24, 2.45) is 0 Å². The first-order valence-electron chi connectivity index (χ1n) is 11.2. The molecular formula is C24H30Cl2N4O2. The van der Waals surface area contributed by atoms with Crippen molar-refractivity contribution < 1.29 is 9.90 Å². The van der Waals surface area contributed by atoms with Crippen molar-refractivity contribution in [3.05, 3.63) is 57.2 Å². The van der Waals surface area contributed by atoms with E-state index in [1.54, 1.807) is 6.07 Å². The maximum atomic E-state index is 11.5. The Morgan fingerprint density at radius 3 is 2.75 bits per heavy atom. The molecule has 1 atom stereocenters. The molecule has 2 aromatic rings. The highest BCUT2D eigenvalue weighted by Gasteiger charge is 2.34. The van der Waals surface area contributed by atoms with E-state index in [9.17, 15) is 9.90 Å². The fourth-order valence-corrected chi connectivity index (χ4v) is 5.20. The lowest BCUT2D eigenvalue weighted by molar-refractivity contribution is -0.139. The van der Waals surface area contributed by atoms with E-state index < -0.39 is 5.97 Å². The first kappa shape index (κ1) is 23.3. The second kappa shape index (κ2) is 10.4. The van der Waals surface area contributed by atoms with Gasteiger partial charge in [0.05, 0.1) is 6.42 Å². The number of carbonyl (C=O) groups is 1. The Morgan fingerprint density at radius 2 is 2.03 bits per heavy atom. The molecule has 4 rings (SSSR count). The Morgan fingerprint density at radius 1 is 1.28 bits per heavy atom. The van der Waals surface area contributed by atoms with E-state index >= 15 is 0 Å². The highest BCUT2D eigenvalue weighted by Crippen LogP contribution is 2.32. The number of rotatable bonds is 9. The van der Waals surface area contributed by atoms with Gasteiger partial charge in [-0.05, 0) is 74.7 Å². The van der Waals surface area contributed by atoms with Gasteiger partial charge in [-0.1, -0.05) is 29.3 Å². The van der Waals surface area contributed by atoms with E-state index in [2.05, 4.69) is 27.2 Å². The molecule has 32 heavy (non-hydrogen) atoms. The highest BCUT2D eigenvalue weighted by atomic mass is 35.5. The number of pyridine rings is 1. The molecule has 1 unspecified atom stereocenters. The molecule has 1 fully saturated rings. The zero-order chi connectivity index (χ0) is 22.7. The van der Waals surface area contributed by atoms with E-state index in [1.807, 2.05) is 19.2 Å². The van der Waals surface area contributed by atoms with Crippen LogP contribution >= 0.6 is 23.2 Å². The number of carboxylic acid groups (broad SMARTS) is 1. The summed E-state index contributed by atoms with van der Waals surface area (Å²) in [6.07, 6.45) is 4.33. The van der Waals surface area contributed by atoms with Gasteiger partial charge in [0.1, 0.15) is 5.82 Å². The minimum absolute atomic E-state index is 0.0156. The molecule has 0 bridgehead atoms. The monoisotopic (exact) mass is 476 g/mol. The van der Waals surface area contributed by atoms with Gasteiger partial charge >= 0.3 is 5.97 Å². The van der Waals surface area contributed by atoms with Gasteiger partial charge in [0, 0.05) is 47.5 Å². The number of carboxylic acids is 1. The van der Waals surface area contributed by atoms with Gasteiger partial charge in [0.15, 0.2) is 0 Å². The van der Waals surface area contributed by atoms with Crippen molar-refractivity contribution in [1.82, 2.24) is 14.8 Å². The quantitative estimate of drug-likeness (QED) is 0.554. The number of aliphatic carboxylic acids is 1. The third kappa shape index (κ3) is 5.73. The van der Waals surface area contributed by atoms with E-state index in [0.29, 0.717) is 16.1 Å². The Hall–Kier alpha value is -1.86. The largest absolute Gasteiger partial charge is 0.481 e. The van der Waals surface area contributed by atoms with Crippen LogP contribution in [0.5, 0.6) is 0 Å². The van der Waals surface area contributed by atoms with E-state index in [1.165, 1.54) is 12.0 Å². The molecule has 1 aromatic heterocycles. The van der Waals surface area contributed by atoms with Gasteiger partial charge in [0.25, 0.3) is 0 Å². The lowest BCUT2D eigenvalue weighted by Gasteiger charge is -2.46. The summed E-state index contributed by atoms with van der Waals surface area (Å²) >= 11 is 12.3. The third-order valence-electron chi connectivity index (χ3n) is 6.50. The molecule has 0 spiro atoms. The Bertz CT molecular complexity index is 945. The molecule has 0 saturated carbocycles. The van der Waals surface area contributed by atoms with E-state index in [4.69, 9.17) is 28.2 Å². The van der Waals surface area contributed by atoms with Gasteiger partial charge < -0.3 is 15.3 Å². The molecule has 172 valence electrons. The summed E-state index contributed by atoms with van der Waals surface area (Å²) in [5.74, 6) is 0.228. The number of fused-ring (bicyclic) bond motifs is 1. The molecule has 0 amide bonds. The van der Waals surface area contributed by atoms with Crippen LogP contribution in [0.1, 0.15) is 42.1 Å². The number of nitrogens with one attached hydrogen (secondary N) is 1. The van der Waals surface area contributed by atoms with Gasteiger partial charge in [-0.15, -0.1) is 0 Å². The van der Waals surface area contributed by atoms with Crippen LogP contribution in [0.4, 0.5) is 5.82 Å². The SMILES string of the molecule is CN(C1CN(CCCc2ccc3c(n2)NCCC3)C1)C(CC(=O)O)c1cc(Cl)cc(Cl)c1. The van der Waals surface area contributed by atoms with Crippen LogP contribution in [-0.2, 0) is 17.6 Å². The number of halogens is 2. The molecule has 6 nitrogen and oxygen atoms in total. The Kier molecular flexibility index (Phi) is 7.56. The number of anilines is 1. The molecule has 1 aromatic carbocycles. The van der Waals surface area contributed by atoms with Gasteiger partial charge in [-0.3, -0.25) is 9.69 Å². The van der Waals surface area contributed by atoms with E-state index in [-0.39, 0.29) is 12.5 Å². The van der Waals surface area contributed by atoms with Crippen LogP contribution in [0.3, 0.4) is 0 Å². The number of aromatic nitrogens is 1. The maximum Gasteiger partial charge on any atom is 0.305 e. The number of aryl methyl sites for hydroxylation is 2. The summed E-state index contributed by atoms with van der Waals surface area (Å²) in [7, 11) is 1.99. The average molecular weight is 477 g/mol. The molecular weight excluding hydrogens is 447 g/mol. The topological polar surface area (TPSA) is 68.7 Å². The predicted molar refractivity (Wildman–Crippen MR) is 129 cm³/mol. The van der Waals surface area contributed by atoms with Crippen LogP contribution in [0.2, 0.25) is 10.0 Å².